The van der Waals surface area contributed by atoms with Gasteiger partial charge in [-0.2, -0.15) is 4.98 Å². The second-order valence-corrected chi connectivity index (χ2v) is 3.99. The fourth-order valence-corrected chi connectivity index (χ4v) is 1.93. The summed E-state index contributed by atoms with van der Waals surface area (Å²) in [7, 11) is 0. The van der Waals surface area contributed by atoms with Crippen molar-refractivity contribution in [2.45, 2.75) is 18.6 Å². The highest BCUT2D eigenvalue weighted by Gasteiger charge is 2.36. The number of aliphatic hydroxyl groups is 2. The van der Waals surface area contributed by atoms with E-state index in [9.17, 15) is 10.2 Å². The molecule has 3 heterocycles. The fourth-order valence-electron chi connectivity index (χ4n) is 1.93. The SMILES string of the molecule is OC[C@H]1O[C](n2cnc3c(O)ncnc32)C[C@@H]1O. The molecule has 1 aliphatic heterocycles. The van der Waals surface area contributed by atoms with E-state index in [1.54, 1.807) is 0 Å². The summed E-state index contributed by atoms with van der Waals surface area (Å²) in [5.74, 6) is -0.211. The molecule has 0 saturated carbocycles. The number of aromatic nitrogens is 4. The number of rotatable bonds is 2. The molecule has 1 fully saturated rings. The molecule has 3 N–H and O–H groups in total. The molecular weight excluding hydrogens is 240 g/mol. The van der Waals surface area contributed by atoms with E-state index in [0.717, 1.165) is 0 Å². The summed E-state index contributed by atoms with van der Waals surface area (Å²) in [6.07, 6.45) is 1.92. The van der Waals surface area contributed by atoms with Gasteiger partial charge >= 0.3 is 0 Å². The Balaban J connectivity index is 1.99. The van der Waals surface area contributed by atoms with Gasteiger partial charge in [0.25, 0.3) is 0 Å². The highest BCUT2D eigenvalue weighted by molar-refractivity contribution is 5.75. The summed E-state index contributed by atoms with van der Waals surface area (Å²) < 4.78 is 6.94. The molecule has 2 aromatic rings. The molecule has 2 atom stereocenters. The van der Waals surface area contributed by atoms with Gasteiger partial charge in [0.1, 0.15) is 12.4 Å². The largest absolute Gasteiger partial charge is 0.492 e. The molecular formula is C10H11N4O4. The lowest BCUT2D eigenvalue weighted by molar-refractivity contribution is 0.00176. The molecule has 95 valence electrons. The molecule has 2 aromatic heterocycles. The predicted molar refractivity (Wildman–Crippen MR) is 58.2 cm³/mol. The third-order valence-corrected chi connectivity index (χ3v) is 2.86. The maximum absolute atomic E-state index is 9.66. The summed E-state index contributed by atoms with van der Waals surface area (Å²) in [6, 6.07) is 0. The molecule has 0 unspecified atom stereocenters. The lowest BCUT2D eigenvalue weighted by Gasteiger charge is -2.11. The van der Waals surface area contributed by atoms with Crippen LogP contribution in [0.4, 0.5) is 0 Å². The number of ether oxygens (including phenoxy) is 1. The van der Waals surface area contributed by atoms with Gasteiger partial charge in [-0.05, 0) is 0 Å². The summed E-state index contributed by atoms with van der Waals surface area (Å²) >= 11 is 0. The molecule has 1 saturated heterocycles. The Morgan fingerprint density at radius 2 is 2.22 bits per heavy atom. The van der Waals surface area contributed by atoms with E-state index in [1.807, 2.05) is 0 Å². The summed E-state index contributed by atoms with van der Waals surface area (Å²) in [6.45, 7) is -0.266. The lowest BCUT2D eigenvalue weighted by Crippen LogP contribution is -2.24. The lowest BCUT2D eigenvalue weighted by atomic mass is 10.2. The van der Waals surface area contributed by atoms with Crippen molar-refractivity contribution >= 4 is 11.2 Å². The van der Waals surface area contributed by atoms with Crippen LogP contribution in [0.3, 0.4) is 0 Å². The van der Waals surface area contributed by atoms with Crippen LogP contribution < -0.4 is 0 Å². The first kappa shape index (κ1) is 11.3. The minimum absolute atomic E-state index is 0.211. The molecule has 0 spiro atoms. The van der Waals surface area contributed by atoms with Crippen LogP contribution in [0.15, 0.2) is 12.7 Å². The van der Waals surface area contributed by atoms with E-state index >= 15 is 0 Å². The van der Waals surface area contributed by atoms with Crippen molar-refractivity contribution in [3.05, 3.63) is 18.9 Å². The quantitative estimate of drug-likeness (QED) is 0.628. The van der Waals surface area contributed by atoms with Crippen LogP contribution >= 0.6 is 0 Å². The number of imidazole rings is 1. The molecule has 3 rings (SSSR count). The first-order valence-electron chi connectivity index (χ1n) is 5.39. The average molecular weight is 251 g/mol. The number of aliphatic hydroxyl groups excluding tert-OH is 2. The molecule has 1 radical (unpaired) electrons. The molecule has 18 heavy (non-hydrogen) atoms. The summed E-state index contributed by atoms with van der Waals surface area (Å²) in [5.41, 5.74) is 0.652. The first-order chi connectivity index (χ1) is 8.70. The molecule has 0 aromatic carbocycles. The van der Waals surface area contributed by atoms with E-state index in [4.69, 9.17) is 9.84 Å². The highest BCUT2D eigenvalue weighted by atomic mass is 16.5. The Hall–Kier alpha value is -1.77. The molecule has 0 amide bonds. The van der Waals surface area contributed by atoms with E-state index in [-0.39, 0.29) is 24.4 Å². The summed E-state index contributed by atoms with van der Waals surface area (Å²) in [5, 5.41) is 28.2. The average Bonchev–Trinajstić information content (AvgIpc) is 2.93. The Bertz CT molecular complexity index is 572. The number of aromatic hydroxyl groups is 1. The van der Waals surface area contributed by atoms with Crippen molar-refractivity contribution < 1.29 is 20.1 Å². The van der Waals surface area contributed by atoms with Crippen molar-refractivity contribution in [3.8, 4) is 5.88 Å². The standard InChI is InChI=1S/C10H11N4O4/c15-2-6-5(16)1-7(18-6)14-4-13-8-9(14)11-3-12-10(8)17/h3-6,15-16H,1-2H2,(H,11,12,17)/t5-,6+/m0/s1. The minimum atomic E-state index is -0.766. The van der Waals surface area contributed by atoms with Crippen LogP contribution in [0.25, 0.3) is 11.2 Å². The monoisotopic (exact) mass is 251 g/mol. The van der Waals surface area contributed by atoms with Gasteiger partial charge in [0.15, 0.2) is 17.4 Å². The van der Waals surface area contributed by atoms with Crippen molar-refractivity contribution in [3.63, 3.8) is 0 Å². The molecule has 0 bridgehead atoms. The van der Waals surface area contributed by atoms with Crippen LogP contribution in [0.1, 0.15) is 6.42 Å². The van der Waals surface area contributed by atoms with E-state index in [0.29, 0.717) is 11.9 Å². The third kappa shape index (κ3) is 1.62. The van der Waals surface area contributed by atoms with Gasteiger partial charge in [-0.3, -0.25) is 4.57 Å². The summed E-state index contributed by atoms with van der Waals surface area (Å²) in [4.78, 5) is 11.6. The van der Waals surface area contributed by atoms with Crippen LogP contribution in [0, 0.1) is 6.23 Å². The number of nitrogens with zero attached hydrogens (tertiary/aromatic N) is 4. The minimum Gasteiger partial charge on any atom is -0.492 e. The zero-order chi connectivity index (χ0) is 12.7. The van der Waals surface area contributed by atoms with E-state index in [2.05, 4.69) is 15.0 Å². The van der Waals surface area contributed by atoms with Gasteiger partial charge in [-0.15, -0.1) is 0 Å². The zero-order valence-electron chi connectivity index (χ0n) is 9.26. The molecule has 1 aliphatic rings. The molecule has 0 aliphatic carbocycles. The molecule has 8 heteroatoms. The normalized spacial score (nSPS) is 25.0. The number of hydrogen-bond donors (Lipinski definition) is 3. The maximum Gasteiger partial charge on any atom is 0.242 e. The van der Waals surface area contributed by atoms with Crippen molar-refractivity contribution in [1.82, 2.24) is 19.5 Å². The predicted octanol–water partition coefficient (Wildman–Crippen LogP) is -0.988. The van der Waals surface area contributed by atoms with Gasteiger partial charge < -0.3 is 20.1 Å². The van der Waals surface area contributed by atoms with Gasteiger partial charge in [-0.1, -0.05) is 0 Å². The zero-order valence-corrected chi connectivity index (χ0v) is 9.26. The van der Waals surface area contributed by atoms with Crippen LogP contribution in [-0.4, -0.2) is 53.7 Å². The fraction of sp³-hybridized carbons (Fsp3) is 0.400. The van der Waals surface area contributed by atoms with Crippen molar-refractivity contribution in [1.29, 1.82) is 0 Å². The van der Waals surface area contributed by atoms with Gasteiger partial charge in [0.2, 0.25) is 5.88 Å². The maximum atomic E-state index is 9.66. The number of hydrogen-bond acceptors (Lipinski definition) is 7. The second kappa shape index (κ2) is 4.16. The number of fused-ring (bicyclic) bond motifs is 1. The Labute approximate surface area is 102 Å². The molecule has 8 nitrogen and oxygen atoms in total. The van der Waals surface area contributed by atoms with E-state index < -0.39 is 12.2 Å². The van der Waals surface area contributed by atoms with Crippen LogP contribution in [0.5, 0.6) is 5.88 Å². The Morgan fingerprint density at radius 3 is 2.94 bits per heavy atom. The van der Waals surface area contributed by atoms with E-state index in [1.165, 1.54) is 17.2 Å². The van der Waals surface area contributed by atoms with Gasteiger partial charge in [0, 0.05) is 6.42 Å². The van der Waals surface area contributed by atoms with Crippen molar-refractivity contribution in [2.75, 3.05) is 6.61 Å². The van der Waals surface area contributed by atoms with Crippen molar-refractivity contribution in [2.24, 2.45) is 0 Å². The smallest absolute Gasteiger partial charge is 0.242 e. The van der Waals surface area contributed by atoms with Crippen LogP contribution in [0.2, 0.25) is 0 Å². The topological polar surface area (TPSA) is 114 Å². The van der Waals surface area contributed by atoms with Gasteiger partial charge in [-0.25, -0.2) is 9.97 Å². The van der Waals surface area contributed by atoms with Crippen LogP contribution in [-0.2, 0) is 4.74 Å². The Morgan fingerprint density at radius 1 is 1.39 bits per heavy atom. The second-order valence-electron chi connectivity index (χ2n) is 3.99. The van der Waals surface area contributed by atoms with Gasteiger partial charge in [0.05, 0.1) is 19.0 Å². The highest BCUT2D eigenvalue weighted by Crippen LogP contribution is 2.30. The Kier molecular flexibility index (Phi) is 2.62. The third-order valence-electron chi connectivity index (χ3n) is 2.86. The first-order valence-corrected chi connectivity index (χ1v) is 5.39.